The third kappa shape index (κ3) is 4.62. The number of aryl methyl sites for hydroxylation is 1. The van der Waals surface area contributed by atoms with E-state index in [4.69, 9.17) is 13.9 Å². The number of fused-ring (bicyclic) bond motifs is 1. The number of unbranched alkanes of at least 4 members (excludes halogenated alkanes) is 1. The quantitative estimate of drug-likeness (QED) is 0.631. The fourth-order valence-corrected chi connectivity index (χ4v) is 3.04. The maximum atomic E-state index is 12.4. The Morgan fingerprint density at radius 3 is 2.54 bits per heavy atom. The molecule has 0 aliphatic rings. The van der Waals surface area contributed by atoms with Crippen molar-refractivity contribution in [2.24, 2.45) is 0 Å². The van der Waals surface area contributed by atoms with Crippen LogP contribution in [0.25, 0.3) is 11.0 Å². The average Bonchev–Trinajstić information content (AvgIpc) is 2.66. The molecule has 1 heterocycles. The van der Waals surface area contributed by atoms with E-state index in [1.54, 1.807) is 19.1 Å². The summed E-state index contributed by atoms with van der Waals surface area (Å²) in [7, 11) is 2.97. The predicted molar refractivity (Wildman–Crippen MR) is 103 cm³/mol. The van der Waals surface area contributed by atoms with E-state index in [2.05, 4.69) is 5.32 Å². The molecule has 1 amide bonds. The van der Waals surface area contributed by atoms with Crippen LogP contribution in [0.15, 0.2) is 21.3 Å². The summed E-state index contributed by atoms with van der Waals surface area (Å²) >= 11 is 0. The van der Waals surface area contributed by atoms with Gasteiger partial charge in [0.1, 0.15) is 23.1 Å². The topological polar surface area (TPSA) is 115 Å². The molecule has 0 radical (unpaired) electrons. The van der Waals surface area contributed by atoms with Crippen LogP contribution in [-0.4, -0.2) is 37.2 Å². The van der Waals surface area contributed by atoms with Gasteiger partial charge in [0.05, 0.1) is 31.6 Å². The third-order valence-corrected chi connectivity index (χ3v) is 4.59. The van der Waals surface area contributed by atoms with Gasteiger partial charge in [-0.2, -0.15) is 0 Å². The number of carboxylic acids is 1. The summed E-state index contributed by atoms with van der Waals surface area (Å²) < 4.78 is 15.9. The lowest BCUT2D eigenvalue weighted by molar-refractivity contribution is -0.142. The zero-order valence-electron chi connectivity index (χ0n) is 16.5. The van der Waals surface area contributed by atoms with Gasteiger partial charge in [0.2, 0.25) is 5.91 Å². The second-order valence-electron chi connectivity index (χ2n) is 6.47. The molecule has 0 aliphatic carbocycles. The molecular formula is C20H25NO7. The van der Waals surface area contributed by atoms with E-state index in [1.807, 2.05) is 6.92 Å². The van der Waals surface area contributed by atoms with Crippen molar-refractivity contribution in [1.29, 1.82) is 0 Å². The molecule has 0 aliphatic heterocycles. The smallest absolute Gasteiger partial charge is 0.340 e. The van der Waals surface area contributed by atoms with Gasteiger partial charge in [0.25, 0.3) is 0 Å². The lowest BCUT2D eigenvalue weighted by Gasteiger charge is -2.15. The monoisotopic (exact) mass is 391 g/mol. The van der Waals surface area contributed by atoms with E-state index in [-0.39, 0.29) is 17.6 Å². The number of rotatable bonds is 9. The van der Waals surface area contributed by atoms with Crippen molar-refractivity contribution >= 4 is 22.8 Å². The number of benzene rings is 1. The van der Waals surface area contributed by atoms with Crippen LogP contribution in [-0.2, 0) is 16.0 Å². The summed E-state index contributed by atoms with van der Waals surface area (Å²) in [5.41, 5.74) is 0.333. The lowest BCUT2D eigenvalue weighted by Crippen LogP contribution is -2.42. The van der Waals surface area contributed by atoms with E-state index < -0.39 is 23.5 Å². The van der Waals surface area contributed by atoms with Gasteiger partial charge in [0, 0.05) is 12.1 Å². The van der Waals surface area contributed by atoms with Gasteiger partial charge in [-0.05, 0) is 18.9 Å². The van der Waals surface area contributed by atoms with Crippen LogP contribution in [0.4, 0.5) is 0 Å². The minimum atomic E-state index is -1.10. The van der Waals surface area contributed by atoms with E-state index in [0.717, 1.165) is 6.42 Å². The van der Waals surface area contributed by atoms with Crippen molar-refractivity contribution in [3.63, 3.8) is 0 Å². The summed E-state index contributed by atoms with van der Waals surface area (Å²) in [6.07, 6.45) is 1.54. The highest BCUT2D eigenvalue weighted by Gasteiger charge is 2.22. The number of ether oxygens (including phenoxy) is 2. The molecule has 8 nitrogen and oxygen atoms in total. The Morgan fingerprint density at radius 2 is 1.96 bits per heavy atom. The SMILES string of the molecule is CCCCC(NC(=O)Cc1c(C)c2c(OC)cc(OC)cc2oc1=O)C(=O)O. The molecule has 152 valence electrons. The van der Waals surface area contributed by atoms with Crippen LogP contribution >= 0.6 is 0 Å². The number of carboxylic acid groups (broad SMARTS) is 1. The minimum Gasteiger partial charge on any atom is -0.496 e. The molecular weight excluding hydrogens is 366 g/mol. The van der Waals surface area contributed by atoms with E-state index in [9.17, 15) is 19.5 Å². The zero-order valence-corrected chi connectivity index (χ0v) is 16.5. The predicted octanol–water partition coefficient (Wildman–Crippen LogP) is 2.42. The van der Waals surface area contributed by atoms with Gasteiger partial charge in [-0.3, -0.25) is 4.79 Å². The molecule has 2 rings (SSSR count). The Kier molecular flexibility index (Phi) is 7.03. The summed E-state index contributed by atoms with van der Waals surface area (Å²) in [5.74, 6) is -0.732. The minimum absolute atomic E-state index is 0.160. The second-order valence-corrected chi connectivity index (χ2v) is 6.47. The van der Waals surface area contributed by atoms with Gasteiger partial charge in [-0.15, -0.1) is 0 Å². The molecule has 1 atom stereocenters. The normalized spacial score (nSPS) is 11.9. The van der Waals surface area contributed by atoms with E-state index in [1.165, 1.54) is 14.2 Å². The van der Waals surface area contributed by atoms with Crippen LogP contribution in [0.1, 0.15) is 37.3 Å². The van der Waals surface area contributed by atoms with Crippen molar-refractivity contribution in [2.75, 3.05) is 14.2 Å². The Hall–Kier alpha value is -3.03. The molecule has 0 spiro atoms. The Balaban J connectivity index is 2.38. The summed E-state index contributed by atoms with van der Waals surface area (Å²) in [5, 5.41) is 12.3. The molecule has 8 heteroatoms. The second kappa shape index (κ2) is 9.25. The van der Waals surface area contributed by atoms with Crippen LogP contribution in [0.5, 0.6) is 11.5 Å². The molecule has 2 N–H and O–H groups in total. The first-order valence-electron chi connectivity index (χ1n) is 9.02. The molecule has 0 saturated heterocycles. The van der Waals surface area contributed by atoms with Crippen molar-refractivity contribution < 1.29 is 28.6 Å². The molecule has 1 aromatic heterocycles. The molecule has 28 heavy (non-hydrogen) atoms. The van der Waals surface area contributed by atoms with E-state index in [0.29, 0.717) is 35.3 Å². The standard InChI is InChI=1S/C20H25NO7/c1-5-6-7-14(19(23)24)21-17(22)10-13-11(2)18-15(27-4)8-12(26-3)9-16(18)28-20(13)25/h8-9,14H,5-7,10H2,1-4H3,(H,21,22)(H,23,24). The highest BCUT2D eigenvalue weighted by Crippen LogP contribution is 2.33. The van der Waals surface area contributed by atoms with Crippen molar-refractivity contribution in [3.05, 3.63) is 33.7 Å². The van der Waals surface area contributed by atoms with Gasteiger partial charge in [0.15, 0.2) is 0 Å². The fourth-order valence-electron chi connectivity index (χ4n) is 3.04. The maximum Gasteiger partial charge on any atom is 0.340 e. The largest absolute Gasteiger partial charge is 0.496 e. The Morgan fingerprint density at radius 1 is 1.25 bits per heavy atom. The van der Waals surface area contributed by atoms with Gasteiger partial charge >= 0.3 is 11.6 Å². The maximum absolute atomic E-state index is 12.4. The van der Waals surface area contributed by atoms with Crippen LogP contribution in [0, 0.1) is 6.92 Å². The first-order chi connectivity index (χ1) is 13.3. The highest BCUT2D eigenvalue weighted by molar-refractivity contribution is 5.91. The number of amides is 1. The summed E-state index contributed by atoms with van der Waals surface area (Å²) in [6, 6.07) is 2.24. The van der Waals surface area contributed by atoms with Crippen LogP contribution in [0.2, 0.25) is 0 Å². The van der Waals surface area contributed by atoms with Crippen LogP contribution < -0.4 is 20.4 Å². The van der Waals surface area contributed by atoms with Gasteiger partial charge < -0.3 is 24.3 Å². The highest BCUT2D eigenvalue weighted by atomic mass is 16.5. The van der Waals surface area contributed by atoms with Gasteiger partial charge in [-0.25, -0.2) is 9.59 Å². The van der Waals surface area contributed by atoms with Crippen molar-refractivity contribution in [1.82, 2.24) is 5.32 Å². The van der Waals surface area contributed by atoms with Crippen LogP contribution in [0.3, 0.4) is 0 Å². The number of aliphatic carboxylic acids is 1. The Labute approximate surface area is 162 Å². The molecule has 0 saturated carbocycles. The molecule has 0 fully saturated rings. The lowest BCUT2D eigenvalue weighted by atomic mass is 10.0. The average molecular weight is 391 g/mol. The number of nitrogens with one attached hydrogen (secondary N) is 1. The molecule has 1 aromatic carbocycles. The van der Waals surface area contributed by atoms with Gasteiger partial charge in [-0.1, -0.05) is 19.8 Å². The summed E-state index contributed by atoms with van der Waals surface area (Å²) in [6.45, 7) is 3.63. The molecule has 1 unspecified atom stereocenters. The first-order valence-corrected chi connectivity index (χ1v) is 9.02. The van der Waals surface area contributed by atoms with Crippen molar-refractivity contribution in [3.8, 4) is 11.5 Å². The fraction of sp³-hybridized carbons (Fsp3) is 0.450. The number of hydrogen-bond donors (Lipinski definition) is 2. The number of carbonyl (C=O) groups excluding carboxylic acids is 1. The van der Waals surface area contributed by atoms with E-state index >= 15 is 0 Å². The summed E-state index contributed by atoms with van der Waals surface area (Å²) in [4.78, 5) is 36.1. The number of hydrogen-bond acceptors (Lipinski definition) is 6. The first kappa shape index (κ1) is 21.3. The molecule has 0 bridgehead atoms. The number of methoxy groups -OCH3 is 2. The number of carbonyl (C=O) groups is 2. The van der Waals surface area contributed by atoms with Crippen molar-refractivity contribution in [2.45, 2.75) is 45.6 Å². The Bertz CT molecular complexity index is 932. The third-order valence-electron chi connectivity index (χ3n) is 4.59. The molecule has 2 aromatic rings. The zero-order chi connectivity index (χ0) is 20.8.